The van der Waals surface area contributed by atoms with Crippen molar-refractivity contribution in [3.63, 3.8) is 0 Å². The number of carbonyl (C=O) groups is 2. The van der Waals surface area contributed by atoms with Gasteiger partial charge in [-0.2, -0.15) is 0 Å². The molecule has 2 fully saturated rings. The van der Waals surface area contributed by atoms with E-state index in [1.54, 1.807) is 0 Å². The highest BCUT2D eigenvalue weighted by molar-refractivity contribution is 5.80. The molecule has 18 heavy (non-hydrogen) atoms. The number of urea groups is 1. The minimum atomic E-state index is -0.822. The molecule has 0 saturated heterocycles. The number of carboxylic acids is 1. The van der Waals surface area contributed by atoms with Crippen LogP contribution in [0.25, 0.3) is 0 Å². The molecule has 0 spiro atoms. The minimum absolute atomic E-state index is 0.0127. The van der Waals surface area contributed by atoms with E-state index < -0.39 is 11.4 Å². The summed E-state index contributed by atoms with van der Waals surface area (Å²) < 4.78 is 0. The molecule has 2 saturated carbocycles. The van der Waals surface area contributed by atoms with Crippen molar-refractivity contribution >= 4 is 12.0 Å². The maximum atomic E-state index is 11.7. The van der Waals surface area contributed by atoms with E-state index in [-0.39, 0.29) is 24.7 Å². The Labute approximate surface area is 106 Å². The highest BCUT2D eigenvalue weighted by Crippen LogP contribution is 2.45. The Kier molecular flexibility index (Phi) is 3.75. The summed E-state index contributed by atoms with van der Waals surface area (Å²) in [5.74, 6) is -0.822. The first kappa shape index (κ1) is 13.1. The molecule has 2 unspecified atom stereocenters. The molecule has 0 aromatic rings. The second-order valence-electron chi connectivity index (χ2n) is 5.47. The van der Waals surface area contributed by atoms with Crippen molar-refractivity contribution in [2.75, 3.05) is 6.54 Å². The molecular weight excluding hydrogens is 234 g/mol. The fraction of sp³-hybridized carbons (Fsp3) is 0.833. The second-order valence-corrected chi connectivity index (χ2v) is 5.47. The molecular formula is C12H21N3O3. The van der Waals surface area contributed by atoms with Crippen LogP contribution in [0, 0.1) is 5.41 Å². The first-order chi connectivity index (χ1) is 8.53. The summed E-state index contributed by atoms with van der Waals surface area (Å²) in [6.07, 6.45) is 5.32. The van der Waals surface area contributed by atoms with Crippen molar-refractivity contribution in [1.82, 2.24) is 10.6 Å². The highest BCUT2D eigenvalue weighted by Gasteiger charge is 2.50. The number of hydrogen-bond acceptors (Lipinski definition) is 3. The molecule has 2 rings (SSSR count). The summed E-state index contributed by atoms with van der Waals surface area (Å²) in [6.45, 7) is 0.204. The van der Waals surface area contributed by atoms with Crippen molar-refractivity contribution < 1.29 is 14.7 Å². The molecule has 6 nitrogen and oxygen atoms in total. The first-order valence-corrected chi connectivity index (χ1v) is 6.57. The zero-order valence-electron chi connectivity index (χ0n) is 10.4. The fourth-order valence-corrected chi connectivity index (χ4v) is 2.42. The summed E-state index contributed by atoms with van der Waals surface area (Å²) in [5, 5.41) is 14.5. The van der Waals surface area contributed by atoms with Gasteiger partial charge in [-0.1, -0.05) is 12.8 Å². The van der Waals surface area contributed by atoms with Crippen LogP contribution in [0.1, 0.15) is 38.5 Å². The van der Waals surface area contributed by atoms with Gasteiger partial charge in [0.25, 0.3) is 0 Å². The van der Waals surface area contributed by atoms with Gasteiger partial charge in [-0.3, -0.25) is 4.79 Å². The summed E-state index contributed by atoms with van der Waals surface area (Å²) in [4.78, 5) is 22.6. The van der Waals surface area contributed by atoms with Crippen LogP contribution in [0.2, 0.25) is 0 Å². The predicted molar refractivity (Wildman–Crippen MR) is 66.1 cm³/mol. The maximum absolute atomic E-state index is 11.7. The van der Waals surface area contributed by atoms with Crippen LogP contribution in [0.3, 0.4) is 0 Å². The van der Waals surface area contributed by atoms with E-state index >= 15 is 0 Å². The number of nitrogens with one attached hydrogen (secondary N) is 2. The Hall–Kier alpha value is -1.30. The van der Waals surface area contributed by atoms with Gasteiger partial charge in [0, 0.05) is 18.6 Å². The highest BCUT2D eigenvalue weighted by atomic mass is 16.4. The SMILES string of the molecule is NC1CCCCC1NC(=O)NCC1(C(=O)O)CC1. The van der Waals surface area contributed by atoms with Crippen LogP contribution in [-0.4, -0.2) is 35.7 Å². The first-order valence-electron chi connectivity index (χ1n) is 6.57. The quantitative estimate of drug-likeness (QED) is 0.584. The maximum Gasteiger partial charge on any atom is 0.315 e. The molecule has 0 heterocycles. The second kappa shape index (κ2) is 5.14. The molecule has 0 radical (unpaired) electrons. The van der Waals surface area contributed by atoms with E-state index in [1.807, 2.05) is 0 Å². The Morgan fingerprint density at radius 2 is 1.94 bits per heavy atom. The fourth-order valence-electron chi connectivity index (χ4n) is 2.42. The molecule has 2 atom stereocenters. The standard InChI is InChI=1S/C12H21N3O3/c13-8-3-1-2-4-9(8)15-11(18)14-7-12(5-6-12)10(16)17/h8-9H,1-7,13H2,(H,16,17)(H2,14,15,18). The lowest BCUT2D eigenvalue weighted by atomic mass is 9.91. The topological polar surface area (TPSA) is 104 Å². The molecule has 5 N–H and O–H groups in total. The lowest BCUT2D eigenvalue weighted by Crippen LogP contribution is -2.53. The lowest BCUT2D eigenvalue weighted by Gasteiger charge is -2.29. The van der Waals surface area contributed by atoms with Gasteiger partial charge in [-0.05, 0) is 25.7 Å². The van der Waals surface area contributed by atoms with E-state index in [0.29, 0.717) is 12.8 Å². The Morgan fingerprint density at radius 1 is 1.28 bits per heavy atom. The van der Waals surface area contributed by atoms with Gasteiger partial charge < -0.3 is 21.5 Å². The van der Waals surface area contributed by atoms with Gasteiger partial charge >= 0.3 is 12.0 Å². The van der Waals surface area contributed by atoms with Crippen LogP contribution in [0.5, 0.6) is 0 Å². The lowest BCUT2D eigenvalue weighted by molar-refractivity contribution is -0.143. The molecule has 2 aliphatic rings. The Balaban J connectivity index is 1.73. The molecule has 2 aliphatic carbocycles. The third kappa shape index (κ3) is 2.93. The summed E-state index contributed by atoms with van der Waals surface area (Å²) in [6, 6.07) is -0.275. The average Bonchev–Trinajstić information content (AvgIpc) is 3.11. The molecule has 6 heteroatoms. The molecule has 0 aromatic carbocycles. The number of rotatable bonds is 4. The van der Waals surface area contributed by atoms with Crippen LogP contribution >= 0.6 is 0 Å². The van der Waals surface area contributed by atoms with Crippen molar-refractivity contribution in [2.45, 2.75) is 50.6 Å². The third-order valence-electron chi connectivity index (χ3n) is 4.03. The van der Waals surface area contributed by atoms with E-state index in [2.05, 4.69) is 10.6 Å². The van der Waals surface area contributed by atoms with E-state index in [0.717, 1.165) is 25.7 Å². The van der Waals surface area contributed by atoms with Gasteiger partial charge in [0.1, 0.15) is 0 Å². The van der Waals surface area contributed by atoms with E-state index in [1.165, 1.54) is 0 Å². The Bertz CT molecular complexity index is 341. The van der Waals surface area contributed by atoms with Gasteiger partial charge in [0.2, 0.25) is 0 Å². The van der Waals surface area contributed by atoms with Gasteiger partial charge in [0.05, 0.1) is 5.41 Å². The summed E-state index contributed by atoms with van der Waals surface area (Å²) in [7, 11) is 0. The minimum Gasteiger partial charge on any atom is -0.481 e. The van der Waals surface area contributed by atoms with Crippen LogP contribution in [0.15, 0.2) is 0 Å². The number of hydrogen-bond donors (Lipinski definition) is 4. The largest absolute Gasteiger partial charge is 0.481 e. The summed E-state index contributed by atoms with van der Waals surface area (Å²) in [5.41, 5.74) is 5.22. The van der Waals surface area contributed by atoms with Crippen molar-refractivity contribution in [1.29, 1.82) is 0 Å². The van der Waals surface area contributed by atoms with Crippen LogP contribution in [0.4, 0.5) is 4.79 Å². The third-order valence-corrected chi connectivity index (χ3v) is 4.03. The molecule has 2 amide bonds. The van der Waals surface area contributed by atoms with Crippen molar-refractivity contribution in [3.05, 3.63) is 0 Å². The molecule has 0 bridgehead atoms. The predicted octanol–water partition coefficient (Wildman–Crippen LogP) is 0.420. The molecule has 102 valence electrons. The monoisotopic (exact) mass is 255 g/mol. The zero-order chi connectivity index (χ0) is 13.2. The van der Waals surface area contributed by atoms with E-state index in [9.17, 15) is 9.59 Å². The van der Waals surface area contributed by atoms with Gasteiger partial charge in [0.15, 0.2) is 0 Å². The number of nitrogens with two attached hydrogens (primary N) is 1. The van der Waals surface area contributed by atoms with Gasteiger partial charge in [-0.15, -0.1) is 0 Å². The smallest absolute Gasteiger partial charge is 0.315 e. The van der Waals surface area contributed by atoms with Crippen molar-refractivity contribution in [2.24, 2.45) is 11.1 Å². The number of amides is 2. The summed E-state index contributed by atoms with van der Waals surface area (Å²) >= 11 is 0. The number of carboxylic acid groups (broad SMARTS) is 1. The zero-order valence-corrected chi connectivity index (χ0v) is 10.4. The number of carbonyl (C=O) groups excluding carboxylic acids is 1. The molecule has 0 aliphatic heterocycles. The van der Waals surface area contributed by atoms with E-state index in [4.69, 9.17) is 10.8 Å². The molecule has 0 aromatic heterocycles. The van der Waals surface area contributed by atoms with Gasteiger partial charge in [-0.25, -0.2) is 4.79 Å². The van der Waals surface area contributed by atoms with Crippen LogP contribution < -0.4 is 16.4 Å². The Morgan fingerprint density at radius 3 is 2.50 bits per heavy atom. The normalized spacial score (nSPS) is 29.4. The van der Waals surface area contributed by atoms with Crippen LogP contribution in [-0.2, 0) is 4.79 Å². The van der Waals surface area contributed by atoms with Crippen molar-refractivity contribution in [3.8, 4) is 0 Å². The average molecular weight is 255 g/mol. The number of aliphatic carboxylic acids is 1.